The molecule has 0 spiro atoms. The van der Waals surface area contributed by atoms with Gasteiger partial charge in [-0.1, -0.05) is 0 Å². The quantitative estimate of drug-likeness (QED) is 0.445. The van der Waals surface area contributed by atoms with Crippen LogP contribution >= 0.6 is 0 Å². The number of aromatic nitrogens is 5. The summed E-state index contributed by atoms with van der Waals surface area (Å²) in [5.74, 6) is -5.33. The molecule has 34 heavy (non-hydrogen) atoms. The average molecular weight is 489 g/mol. The van der Waals surface area contributed by atoms with Crippen LogP contribution in [0.15, 0.2) is 24.7 Å². The van der Waals surface area contributed by atoms with E-state index in [4.69, 9.17) is 14.2 Å². The van der Waals surface area contributed by atoms with E-state index < -0.39 is 29.9 Å². The Balaban J connectivity index is 2.07. The summed E-state index contributed by atoms with van der Waals surface area (Å²) in [7, 11) is 0. The molecule has 0 bridgehead atoms. The summed E-state index contributed by atoms with van der Waals surface area (Å²) >= 11 is 0. The first kappa shape index (κ1) is 25.4. The molecule has 3 rings (SSSR count). The number of rotatable bonds is 6. The number of ether oxygens (including phenoxy) is 3. The van der Waals surface area contributed by atoms with Gasteiger partial charge < -0.3 is 14.2 Å². The van der Waals surface area contributed by atoms with E-state index in [2.05, 4.69) is 20.1 Å². The molecule has 0 saturated heterocycles. The summed E-state index contributed by atoms with van der Waals surface area (Å²) in [5, 5.41) is 4.32. The topological polar surface area (TPSA) is 83.7 Å². The maximum atomic E-state index is 13.4. The van der Waals surface area contributed by atoms with Gasteiger partial charge in [0, 0.05) is 24.7 Å². The molecule has 8 nitrogen and oxygen atoms in total. The van der Waals surface area contributed by atoms with Crippen LogP contribution in [0.3, 0.4) is 0 Å². The lowest BCUT2D eigenvalue weighted by atomic mass is 10.1. The molecule has 3 aromatic rings. The number of hydrogen-bond donors (Lipinski definition) is 0. The number of nitrogens with zero attached hydrogens (tertiary/aromatic N) is 5. The van der Waals surface area contributed by atoms with Crippen LogP contribution < -0.4 is 14.2 Å². The maximum Gasteiger partial charge on any atom is 0.456 e. The van der Waals surface area contributed by atoms with Gasteiger partial charge in [0.1, 0.15) is 16.9 Å². The van der Waals surface area contributed by atoms with E-state index in [-0.39, 0.29) is 34.5 Å². The van der Waals surface area contributed by atoms with Crippen LogP contribution in [0.1, 0.15) is 41.5 Å². The molecule has 0 fully saturated rings. The second-order valence-electron chi connectivity index (χ2n) is 9.38. The van der Waals surface area contributed by atoms with Crippen molar-refractivity contribution in [3.63, 3.8) is 0 Å². The molecule has 0 aliphatic rings. The van der Waals surface area contributed by atoms with Gasteiger partial charge in [-0.3, -0.25) is 0 Å². The van der Waals surface area contributed by atoms with Crippen LogP contribution in [0, 0.1) is 0 Å². The molecule has 0 aromatic carbocycles. The van der Waals surface area contributed by atoms with Crippen LogP contribution in [0.5, 0.6) is 17.6 Å². The fraction of sp³-hybridized carbons (Fsp3) is 0.524. The molecule has 0 atom stereocenters. The predicted molar refractivity (Wildman–Crippen MR) is 111 cm³/mol. The van der Waals surface area contributed by atoms with Crippen LogP contribution in [-0.4, -0.2) is 54.5 Å². The summed E-state index contributed by atoms with van der Waals surface area (Å²) in [6.45, 7) is 8.84. The summed E-state index contributed by atoms with van der Waals surface area (Å²) in [6, 6.07) is 1.20. The van der Waals surface area contributed by atoms with Crippen molar-refractivity contribution >= 4 is 5.65 Å². The van der Waals surface area contributed by atoms with E-state index in [1.807, 2.05) is 20.8 Å². The SMILES string of the molecule is CC(C)(C)Oc1ncc(-c2cc(OCC(F)(F)C(F)(F)F)c3nccn3n2)c(OC(C)(C)C)n1. The largest absolute Gasteiger partial charge is 0.483 e. The number of alkyl halides is 5. The molecule has 0 unspecified atom stereocenters. The Labute approximate surface area is 192 Å². The Morgan fingerprint density at radius 1 is 0.912 bits per heavy atom. The third kappa shape index (κ3) is 6.00. The first-order valence-electron chi connectivity index (χ1n) is 10.1. The first-order valence-corrected chi connectivity index (χ1v) is 10.1. The Morgan fingerprint density at radius 2 is 1.56 bits per heavy atom. The van der Waals surface area contributed by atoms with Gasteiger partial charge >= 0.3 is 18.1 Å². The minimum atomic E-state index is -5.76. The number of halogens is 5. The molecule has 0 aliphatic carbocycles. The van der Waals surface area contributed by atoms with Crippen molar-refractivity contribution in [3.05, 3.63) is 24.7 Å². The Bertz CT molecular complexity index is 1170. The van der Waals surface area contributed by atoms with E-state index in [9.17, 15) is 22.0 Å². The normalized spacial score (nSPS) is 13.3. The van der Waals surface area contributed by atoms with E-state index in [0.29, 0.717) is 0 Å². The molecular formula is C21H24F5N5O3. The van der Waals surface area contributed by atoms with Crippen LogP contribution in [0.25, 0.3) is 16.9 Å². The van der Waals surface area contributed by atoms with Crippen molar-refractivity contribution < 1.29 is 36.2 Å². The summed E-state index contributed by atoms with van der Waals surface area (Å²) < 4.78 is 82.3. The highest BCUT2D eigenvalue weighted by molar-refractivity contribution is 5.68. The number of hydrogen-bond acceptors (Lipinski definition) is 7. The molecular weight excluding hydrogens is 465 g/mol. The van der Waals surface area contributed by atoms with Crippen molar-refractivity contribution in [1.29, 1.82) is 0 Å². The Hall–Kier alpha value is -3.25. The standard InChI is InChI=1S/C21H24F5N5O3/c1-18(2,3)33-16-12(10-28-17(29-16)34-19(4,5)6)13-9-14(15-27-7-8-31(15)30-13)32-11-20(22,23)21(24,25)26/h7-10H,11H2,1-6H3. The second kappa shape index (κ2) is 8.51. The summed E-state index contributed by atoms with van der Waals surface area (Å²) in [5.41, 5.74) is -1.01. The van der Waals surface area contributed by atoms with Gasteiger partial charge in [0.25, 0.3) is 0 Å². The van der Waals surface area contributed by atoms with Crippen molar-refractivity contribution in [1.82, 2.24) is 24.6 Å². The molecule has 0 saturated carbocycles. The molecule has 3 aromatic heterocycles. The van der Waals surface area contributed by atoms with Gasteiger partial charge in [-0.25, -0.2) is 14.5 Å². The van der Waals surface area contributed by atoms with Crippen molar-refractivity contribution in [2.45, 2.75) is 64.8 Å². The zero-order chi connectivity index (χ0) is 25.5. The maximum absolute atomic E-state index is 13.4. The molecule has 0 radical (unpaired) electrons. The van der Waals surface area contributed by atoms with Gasteiger partial charge in [-0.2, -0.15) is 32.0 Å². The fourth-order valence-electron chi connectivity index (χ4n) is 2.59. The Kier molecular flexibility index (Phi) is 6.35. The third-order valence-corrected chi connectivity index (χ3v) is 3.96. The highest BCUT2D eigenvalue weighted by Crippen LogP contribution is 2.37. The van der Waals surface area contributed by atoms with E-state index >= 15 is 0 Å². The Morgan fingerprint density at radius 3 is 2.15 bits per heavy atom. The van der Waals surface area contributed by atoms with E-state index in [0.717, 1.165) is 0 Å². The third-order valence-electron chi connectivity index (χ3n) is 3.96. The van der Waals surface area contributed by atoms with Crippen LogP contribution in [0.2, 0.25) is 0 Å². The minimum Gasteiger partial charge on any atom is -0.483 e. The highest BCUT2D eigenvalue weighted by Gasteiger charge is 2.58. The van der Waals surface area contributed by atoms with Crippen LogP contribution in [0.4, 0.5) is 22.0 Å². The highest BCUT2D eigenvalue weighted by atomic mass is 19.4. The lowest BCUT2D eigenvalue weighted by Crippen LogP contribution is -2.41. The van der Waals surface area contributed by atoms with Gasteiger partial charge in [-0.05, 0) is 41.5 Å². The van der Waals surface area contributed by atoms with Gasteiger partial charge in [0.15, 0.2) is 18.0 Å². The van der Waals surface area contributed by atoms with Gasteiger partial charge in [0.05, 0.1) is 5.56 Å². The second-order valence-corrected chi connectivity index (χ2v) is 9.38. The molecule has 3 heterocycles. The molecule has 186 valence electrons. The molecule has 13 heteroatoms. The lowest BCUT2D eigenvalue weighted by Gasteiger charge is -2.24. The van der Waals surface area contributed by atoms with Crippen molar-refractivity contribution in [2.24, 2.45) is 0 Å². The lowest BCUT2D eigenvalue weighted by molar-refractivity contribution is -0.289. The number of imidazole rings is 1. The van der Waals surface area contributed by atoms with Crippen molar-refractivity contribution in [2.75, 3.05) is 6.61 Å². The summed E-state index contributed by atoms with van der Waals surface area (Å²) in [6.07, 6.45) is -1.73. The van der Waals surface area contributed by atoms with Gasteiger partial charge in [-0.15, -0.1) is 0 Å². The van der Waals surface area contributed by atoms with Gasteiger partial charge in [0.2, 0.25) is 5.88 Å². The zero-order valence-electron chi connectivity index (χ0n) is 19.4. The van der Waals surface area contributed by atoms with E-state index in [1.165, 1.54) is 29.2 Å². The molecule has 0 amide bonds. The number of fused-ring (bicyclic) bond motifs is 1. The first-order chi connectivity index (χ1) is 15.5. The zero-order valence-corrected chi connectivity index (χ0v) is 19.4. The predicted octanol–water partition coefficient (Wildman–Crippen LogP) is 5.12. The van der Waals surface area contributed by atoms with E-state index in [1.54, 1.807) is 20.8 Å². The van der Waals surface area contributed by atoms with Crippen LogP contribution in [-0.2, 0) is 0 Å². The fourth-order valence-corrected chi connectivity index (χ4v) is 2.59. The minimum absolute atomic E-state index is 0.0282. The molecule has 0 aliphatic heterocycles. The monoisotopic (exact) mass is 489 g/mol. The summed E-state index contributed by atoms with van der Waals surface area (Å²) in [4.78, 5) is 12.4. The van der Waals surface area contributed by atoms with Crippen molar-refractivity contribution in [3.8, 4) is 28.9 Å². The average Bonchev–Trinajstić information content (AvgIpc) is 3.11. The molecule has 0 N–H and O–H groups in total. The smallest absolute Gasteiger partial charge is 0.456 e.